The van der Waals surface area contributed by atoms with Crippen molar-refractivity contribution in [3.05, 3.63) is 77.2 Å². The molecule has 7 aliphatic heterocycles. The van der Waals surface area contributed by atoms with Crippen molar-refractivity contribution in [1.82, 2.24) is 40.3 Å². The van der Waals surface area contributed by atoms with Crippen molar-refractivity contribution in [2.75, 3.05) is 75.3 Å². The van der Waals surface area contributed by atoms with E-state index >= 15 is 4.39 Å². The Bertz CT molecular complexity index is 2930. The van der Waals surface area contributed by atoms with Crippen LogP contribution < -0.4 is 25.2 Å². The SMILES string of the molecule is CCc1cccc2cc(O)cc(-c3ncc4c(N5CC6CCC(C5)N6)nc(OCC5(CN6CCC7(CC6)CN(C6CN(c8ccc9c(c8)CN(C8CCC(=O)NC8=O)C9=O)C6)C7)CC5)nc4c3F)c12. The van der Waals surface area contributed by atoms with E-state index in [-0.39, 0.29) is 52.5 Å². The van der Waals surface area contributed by atoms with Gasteiger partial charge in [0.1, 0.15) is 28.8 Å². The summed E-state index contributed by atoms with van der Waals surface area (Å²) in [5, 5.41) is 19.2. The Morgan fingerprint density at radius 2 is 1.70 bits per heavy atom. The molecule has 1 aliphatic carbocycles. The molecule has 3 atom stereocenters. The minimum absolute atomic E-state index is 0.0191. The van der Waals surface area contributed by atoms with Gasteiger partial charge in [-0.15, -0.1) is 0 Å². The Kier molecular flexibility index (Phi) is 10.2. The van der Waals surface area contributed by atoms with Crippen LogP contribution in [0.25, 0.3) is 32.9 Å². The first-order valence-corrected chi connectivity index (χ1v) is 25.2. The van der Waals surface area contributed by atoms with E-state index in [0.29, 0.717) is 65.4 Å². The Morgan fingerprint density at radius 3 is 2.45 bits per heavy atom. The smallest absolute Gasteiger partial charge is 0.319 e. The Hall–Kier alpha value is -5.97. The molecule has 3 aromatic carbocycles. The van der Waals surface area contributed by atoms with Crippen molar-refractivity contribution >= 4 is 50.9 Å². The van der Waals surface area contributed by atoms with Gasteiger partial charge in [0.2, 0.25) is 11.8 Å². The number of nitrogens with one attached hydrogen (secondary N) is 2. The number of carbonyl (C=O) groups excluding carboxylic acids is 3. The summed E-state index contributed by atoms with van der Waals surface area (Å²) in [5.41, 5.74) is 5.05. The second-order valence-electron chi connectivity index (χ2n) is 21.7. The monoisotopic (exact) mass is 934 g/mol. The number of amides is 3. The second kappa shape index (κ2) is 16.3. The summed E-state index contributed by atoms with van der Waals surface area (Å²) in [6.45, 7) is 11.8. The summed E-state index contributed by atoms with van der Waals surface area (Å²) >= 11 is 0. The molecule has 358 valence electrons. The number of fused-ring (bicyclic) bond motifs is 5. The topological polar surface area (TPSA) is 160 Å². The first kappa shape index (κ1) is 43.1. The molecule has 0 radical (unpaired) electrons. The third-order valence-corrected chi connectivity index (χ3v) is 17.1. The zero-order valence-corrected chi connectivity index (χ0v) is 39.2. The van der Waals surface area contributed by atoms with Gasteiger partial charge >= 0.3 is 6.01 Å². The molecule has 6 saturated heterocycles. The quantitative estimate of drug-likeness (QED) is 0.145. The summed E-state index contributed by atoms with van der Waals surface area (Å²) in [4.78, 5) is 63.6. The van der Waals surface area contributed by atoms with E-state index in [9.17, 15) is 19.5 Å². The lowest BCUT2D eigenvalue weighted by Crippen LogP contribution is -2.70. The van der Waals surface area contributed by atoms with Gasteiger partial charge in [-0.1, -0.05) is 25.1 Å². The maximum Gasteiger partial charge on any atom is 0.319 e. The number of halogens is 1. The third kappa shape index (κ3) is 7.55. The number of likely N-dealkylation sites (tertiary alicyclic amines) is 2. The van der Waals surface area contributed by atoms with Gasteiger partial charge in [-0.3, -0.25) is 29.6 Å². The fraction of sp³-hybridized carbons (Fsp3) is 0.509. The number of nitrogens with zero attached hydrogens (tertiary/aromatic N) is 8. The number of hydrogen-bond donors (Lipinski definition) is 3. The Labute approximate surface area is 400 Å². The molecule has 16 heteroatoms. The van der Waals surface area contributed by atoms with Gasteiger partial charge in [0.05, 0.1) is 12.0 Å². The minimum atomic E-state index is -0.603. The zero-order valence-electron chi connectivity index (χ0n) is 39.2. The molecular weight excluding hydrogens is 876 g/mol. The average molecular weight is 935 g/mol. The lowest BCUT2D eigenvalue weighted by Gasteiger charge is -2.60. The minimum Gasteiger partial charge on any atom is -0.508 e. The van der Waals surface area contributed by atoms with Crippen LogP contribution in [0.15, 0.2) is 54.7 Å². The Morgan fingerprint density at radius 1 is 0.899 bits per heavy atom. The van der Waals surface area contributed by atoms with Gasteiger partial charge in [0.15, 0.2) is 5.82 Å². The van der Waals surface area contributed by atoms with E-state index in [4.69, 9.17) is 19.7 Å². The van der Waals surface area contributed by atoms with Gasteiger partial charge in [-0.2, -0.15) is 9.97 Å². The predicted molar refractivity (Wildman–Crippen MR) is 259 cm³/mol. The number of aromatic hydroxyl groups is 1. The molecule has 69 heavy (non-hydrogen) atoms. The fourth-order valence-electron chi connectivity index (χ4n) is 12.9. The number of carbonyl (C=O) groups is 3. The molecule has 8 aliphatic rings. The number of ether oxygens (including phenoxy) is 1. The van der Waals surface area contributed by atoms with E-state index in [1.165, 1.54) is 12.8 Å². The Balaban J connectivity index is 0.648. The van der Waals surface area contributed by atoms with Crippen molar-refractivity contribution in [1.29, 1.82) is 0 Å². The van der Waals surface area contributed by atoms with Gasteiger partial charge in [-0.05, 0) is 122 Å². The van der Waals surface area contributed by atoms with E-state index in [1.807, 2.05) is 30.3 Å². The number of piperazine rings is 1. The van der Waals surface area contributed by atoms with Crippen molar-refractivity contribution in [3.63, 3.8) is 0 Å². The van der Waals surface area contributed by atoms with Crippen LogP contribution in [-0.4, -0.2) is 142 Å². The number of phenolic OH excluding ortho intramolecular Hbond substituents is 1. The van der Waals surface area contributed by atoms with Crippen LogP contribution in [0.4, 0.5) is 15.9 Å². The van der Waals surface area contributed by atoms with Gasteiger partial charge in [0.25, 0.3) is 5.91 Å². The largest absolute Gasteiger partial charge is 0.508 e. The molecule has 7 fully saturated rings. The van der Waals surface area contributed by atoms with E-state index in [1.54, 1.807) is 23.2 Å². The molecule has 1 saturated carbocycles. The number of benzene rings is 3. The molecule has 3 N–H and O–H groups in total. The highest BCUT2D eigenvalue weighted by Gasteiger charge is 2.51. The van der Waals surface area contributed by atoms with Crippen LogP contribution in [0.3, 0.4) is 0 Å². The predicted octanol–water partition coefficient (Wildman–Crippen LogP) is 5.40. The molecule has 3 unspecified atom stereocenters. The average Bonchev–Trinajstić information content (AvgIpc) is 3.90. The molecule has 2 bridgehead atoms. The number of imide groups is 1. The summed E-state index contributed by atoms with van der Waals surface area (Å²) in [7, 11) is 0. The van der Waals surface area contributed by atoms with E-state index in [0.717, 1.165) is 119 Å². The molecule has 15 nitrogen and oxygen atoms in total. The van der Waals surface area contributed by atoms with Crippen LogP contribution in [0.1, 0.15) is 79.8 Å². The van der Waals surface area contributed by atoms with Crippen LogP contribution in [0.2, 0.25) is 0 Å². The van der Waals surface area contributed by atoms with Gasteiger partial charge in [-0.25, -0.2) is 4.39 Å². The van der Waals surface area contributed by atoms with Crippen LogP contribution in [0.5, 0.6) is 11.8 Å². The first-order valence-electron chi connectivity index (χ1n) is 25.2. The van der Waals surface area contributed by atoms with Gasteiger partial charge < -0.3 is 34.8 Å². The molecule has 9 heterocycles. The number of anilines is 2. The van der Waals surface area contributed by atoms with Gasteiger partial charge in [0, 0.05) is 105 Å². The highest BCUT2D eigenvalue weighted by molar-refractivity contribution is 6.06. The highest BCUT2D eigenvalue weighted by atomic mass is 19.1. The van der Waals surface area contributed by atoms with Crippen molar-refractivity contribution in [3.8, 4) is 23.0 Å². The van der Waals surface area contributed by atoms with E-state index in [2.05, 4.69) is 43.2 Å². The first-order chi connectivity index (χ1) is 33.5. The van der Waals surface area contributed by atoms with Crippen molar-refractivity contribution in [2.24, 2.45) is 10.8 Å². The highest BCUT2D eigenvalue weighted by Crippen LogP contribution is 2.49. The number of rotatable bonds is 11. The van der Waals surface area contributed by atoms with Crippen molar-refractivity contribution < 1.29 is 28.6 Å². The van der Waals surface area contributed by atoms with Crippen LogP contribution >= 0.6 is 0 Å². The van der Waals surface area contributed by atoms with E-state index < -0.39 is 11.9 Å². The number of pyridine rings is 1. The fourth-order valence-corrected chi connectivity index (χ4v) is 12.9. The molecule has 13 rings (SSSR count). The molecule has 1 spiro atoms. The van der Waals surface area contributed by atoms with Crippen LogP contribution in [0, 0.1) is 16.6 Å². The second-order valence-corrected chi connectivity index (χ2v) is 21.7. The third-order valence-electron chi connectivity index (χ3n) is 17.1. The number of phenols is 1. The molecule has 5 aromatic rings. The molecular formula is C53H59FN10O5. The van der Waals surface area contributed by atoms with Crippen LogP contribution in [-0.2, 0) is 22.6 Å². The maximum atomic E-state index is 17.2. The number of piperidine rings is 2. The maximum absolute atomic E-state index is 17.2. The molecule has 2 aromatic heterocycles. The lowest BCUT2D eigenvalue weighted by atomic mass is 9.70. The summed E-state index contributed by atoms with van der Waals surface area (Å²) < 4.78 is 23.8. The van der Waals surface area contributed by atoms with Crippen molar-refractivity contribution in [2.45, 2.75) is 95.4 Å². The normalized spacial score (nSPS) is 25.3. The number of aromatic nitrogens is 3. The number of hydrogen-bond acceptors (Lipinski definition) is 13. The standard InChI is InChI=1S/C53H59FN10O5/c1-2-31-4-3-5-32-19-38(65)20-40(44(31)32)46-45(54)47-41(21-55-46)48(62-23-34-6-7-35(24-62)56-34)59-51(58-47)69-30-53(12-13-53)27-60-16-14-52(15-17-60)28-63(29-52)37-25-61(26-37)36-8-9-39-33(18-36)22-64(50(39)68)42-10-11-43(66)57-49(42)67/h3-5,8-9,18-21,34-35,37,42,56,65H,2,6-7,10-17,22-30H2,1H3,(H,57,66,67). The number of aryl methyl sites for hydroxylation is 1. The summed E-state index contributed by atoms with van der Waals surface area (Å²) in [5.74, 6) is -0.609. The summed E-state index contributed by atoms with van der Waals surface area (Å²) in [6, 6.07) is 16.1. The zero-order chi connectivity index (χ0) is 46.8. The molecule has 3 amide bonds. The lowest BCUT2D eigenvalue weighted by molar-refractivity contribution is -0.136. The summed E-state index contributed by atoms with van der Waals surface area (Å²) in [6.07, 6.45) is 9.81.